The van der Waals surface area contributed by atoms with Gasteiger partial charge in [-0.05, 0) is 18.6 Å². The van der Waals surface area contributed by atoms with Gasteiger partial charge in [0.2, 0.25) is 0 Å². The van der Waals surface area contributed by atoms with E-state index >= 15 is 0 Å². The number of benzene rings is 1. The molecule has 1 aromatic rings. The molecule has 0 saturated heterocycles. The van der Waals surface area contributed by atoms with Crippen LogP contribution < -0.4 is 4.74 Å². The number of ether oxygens (including phenoxy) is 1. The van der Waals surface area contributed by atoms with Crippen LogP contribution in [0.15, 0.2) is 24.3 Å². The zero-order chi connectivity index (χ0) is 8.27. The maximum absolute atomic E-state index is 10.5. The molecule has 0 atom stereocenters. The van der Waals surface area contributed by atoms with E-state index in [-0.39, 0.29) is 5.97 Å². The van der Waals surface area contributed by atoms with E-state index in [1.54, 1.807) is 6.07 Å². The molecule has 1 aromatic carbocycles. The van der Waals surface area contributed by atoms with Gasteiger partial charge >= 0.3 is 5.97 Å². The minimum Gasteiger partial charge on any atom is -0.426 e. The zero-order valence-corrected chi connectivity index (χ0v) is 6.63. The Morgan fingerprint density at radius 3 is 2.55 bits per heavy atom. The zero-order valence-electron chi connectivity index (χ0n) is 6.63. The summed E-state index contributed by atoms with van der Waals surface area (Å²) in [6.45, 7) is 3.30. The van der Waals surface area contributed by atoms with Gasteiger partial charge in [0, 0.05) is 6.92 Å². The summed E-state index contributed by atoms with van der Waals surface area (Å²) < 4.78 is 4.91. The number of esters is 1. The second-order valence-corrected chi connectivity index (χ2v) is 2.36. The fraction of sp³-hybridized carbons (Fsp3) is 0.222. The summed E-state index contributed by atoms with van der Waals surface area (Å²) in [7, 11) is 0. The molecule has 0 aliphatic heterocycles. The Balaban J connectivity index is 2.86. The highest BCUT2D eigenvalue weighted by atomic mass is 16.5. The lowest BCUT2D eigenvalue weighted by molar-refractivity contribution is -0.131. The molecule has 0 aliphatic carbocycles. The van der Waals surface area contributed by atoms with Crippen LogP contribution in [0.2, 0.25) is 0 Å². The van der Waals surface area contributed by atoms with Crippen molar-refractivity contribution in [3.8, 4) is 5.75 Å². The van der Waals surface area contributed by atoms with Crippen molar-refractivity contribution >= 4 is 5.97 Å². The van der Waals surface area contributed by atoms with Crippen LogP contribution in [0, 0.1) is 6.92 Å². The van der Waals surface area contributed by atoms with Crippen LogP contribution in [0.4, 0.5) is 0 Å². The molecule has 11 heavy (non-hydrogen) atoms. The molecule has 0 bridgehead atoms. The number of hydrogen-bond donors (Lipinski definition) is 0. The molecule has 0 amide bonds. The molecule has 0 heterocycles. The molecule has 0 N–H and O–H groups in total. The number of carbonyl (C=O) groups is 1. The van der Waals surface area contributed by atoms with Gasteiger partial charge in [0.15, 0.2) is 0 Å². The molecule has 0 unspecified atom stereocenters. The van der Waals surface area contributed by atoms with Gasteiger partial charge in [-0.3, -0.25) is 4.79 Å². The standard InChI is InChI=1S/C9H10O2/c1-7-5-3-4-6-9(7)11-8(2)10/h3-6H,1-2H3. The Bertz CT molecular complexity index is 266. The van der Waals surface area contributed by atoms with Crippen molar-refractivity contribution in [1.29, 1.82) is 0 Å². The van der Waals surface area contributed by atoms with Crippen molar-refractivity contribution in [1.82, 2.24) is 0 Å². The molecular formula is C9H10O2. The van der Waals surface area contributed by atoms with E-state index in [1.807, 2.05) is 25.1 Å². The van der Waals surface area contributed by atoms with Crippen LogP contribution in [-0.2, 0) is 4.79 Å². The lowest BCUT2D eigenvalue weighted by Gasteiger charge is -2.02. The molecule has 0 aliphatic rings. The Morgan fingerprint density at radius 2 is 2.00 bits per heavy atom. The summed E-state index contributed by atoms with van der Waals surface area (Å²) in [4.78, 5) is 10.5. The number of aryl methyl sites for hydroxylation is 1. The maximum atomic E-state index is 10.5. The quantitative estimate of drug-likeness (QED) is 0.451. The molecule has 0 spiro atoms. The van der Waals surface area contributed by atoms with Crippen LogP contribution in [0.1, 0.15) is 12.5 Å². The predicted octanol–water partition coefficient (Wildman–Crippen LogP) is 1.92. The number of hydrogen-bond acceptors (Lipinski definition) is 2. The number of carbonyl (C=O) groups excluding carboxylic acids is 1. The number of para-hydroxylation sites is 1. The Hall–Kier alpha value is -1.31. The first-order valence-corrected chi connectivity index (χ1v) is 3.44. The van der Waals surface area contributed by atoms with Crippen molar-refractivity contribution in [3.63, 3.8) is 0 Å². The van der Waals surface area contributed by atoms with E-state index in [2.05, 4.69) is 0 Å². The van der Waals surface area contributed by atoms with Gasteiger partial charge in [0.25, 0.3) is 0 Å². The summed E-state index contributed by atoms with van der Waals surface area (Å²) >= 11 is 0. The SMILES string of the molecule is CC(=O)Oc1ccccc1C. The van der Waals surface area contributed by atoms with Gasteiger partial charge in [0.1, 0.15) is 5.75 Å². The largest absolute Gasteiger partial charge is 0.426 e. The van der Waals surface area contributed by atoms with Crippen molar-refractivity contribution in [2.24, 2.45) is 0 Å². The van der Waals surface area contributed by atoms with Crippen LogP contribution in [0.3, 0.4) is 0 Å². The summed E-state index contributed by atoms with van der Waals surface area (Å²) in [6.07, 6.45) is 0. The monoisotopic (exact) mass is 150 g/mol. The van der Waals surface area contributed by atoms with Gasteiger partial charge in [0.05, 0.1) is 0 Å². The van der Waals surface area contributed by atoms with E-state index in [0.29, 0.717) is 5.75 Å². The first-order valence-electron chi connectivity index (χ1n) is 3.44. The smallest absolute Gasteiger partial charge is 0.308 e. The van der Waals surface area contributed by atoms with E-state index in [1.165, 1.54) is 6.92 Å². The summed E-state index contributed by atoms with van der Waals surface area (Å²) in [5.74, 6) is 0.360. The van der Waals surface area contributed by atoms with Gasteiger partial charge in [-0.1, -0.05) is 18.2 Å². The molecule has 2 heteroatoms. The Kier molecular flexibility index (Phi) is 2.26. The summed E-state index contributed by atoms with van der Waals surface area (Å²) in [6, 6.07) is 7.42. The topological polar surface area (TPSA) is 26.3 Å². The normalized spacial score (nSPS) is 9.27. The van der Waals surface area contributed by atoms with Crippen LogP contribution in [0.5, 0.6) is 5.75 Å². The Morgan fingerprint density at radius 1 is 1.36 bits per heavy atom. The molecule has 0 fully saturated rings. The van der Waals surface area contributed by atoms with Gasteiger partial charge in [-0.25, -0.2) is 0 Å². The lowest BCUT2D eigenvalue weighted by Crippen LogP contribution is -2.02. The first-order chi connectivity index (χ1) is 5.20. The third-order valence-corrected chi connectivity index (χ3v) is 1.35. The highest BCUT2D eigenvalue weighted by molar-refractivity contribution is 5.69. The van der Waals surface area contributed by atoms with E-state index in [4.69, 9.17) is 4.74 Å². The number of rotatable bonds is 1. The highest BCUT2D eigenvalue weighted by Gasteiger charge is 1.99. The third-order valence-electron chi connectivity index (χ3n) is 1.35. The lowest BCUT2D eigenvalue weighted by atomic mass is 10.2. The minimum absolute atomic E-state index is 0.278. The fourth-order valence-corrected chi connectivity index (χ4v) is 0.826. The second-order valence-electron chi connectivity index (χ2n) is 2.36. The molecule has 0 saturated carbocycles. The van der Waals surface area contributed by atoms with Crippen molar-refractivity contribution in [2.45, 2.75) is 13.8 Å². The van der Waals surface area contributed by atoms with Crippen molar-refractivity contribution in [3.05, 3.63) is 29.8 Å². The molecule has 0 aromatic heterocycles. The summed E-state index contributed by atoms with van der Waals surface area (Å²) in [5.41, 5.74) is 0.975. The van der Waals surface area contributed by atoms with E-state index < -0.39 is 0 Å². The maximum Gasteiger partial charge on any atom is 0.308 e. The predicted molar refractivity (Wildman–Crippen MR) is 42.5 cm³/mol. The van der Waals surface area contributed by atoms with Gasteiger partial charge in [-0.15, -0.1) is 0 Å². The minimum atomic E-state index is -0.278. The second kappa shape index (κ2) is 3.19. The third kappa shape index (κ3) is 2.08. The highest BCUT2D eigenvalue weighted by Crippen LogP contribution is 2.15. The van der Waals surface area contributed by atoms with Crippen molar-refractivity contribution in [2.75, 3.05) is 0 Å². The first kappa shape index (κ1) is 7.79. The average molecular weight is 150 g/mol. The average Bonchev–Trinajstić information content (AvgIpc) is 1.93. The molecule has 0 radical (unpaired) electrons. The molecule has 58 valence electrons. The van der Waals surface area contributed by atoms with Gasteiger partial charge < -0.3 is 4.74 Å². The van der Waals surface area contributed by atoms with Crippen LogP contribution in [-0.4, -0.2) is 5.97 Å². The molecule has 2 nitrogen and oxygen atoms in total. The summed E-state index contributed by atoms with van der Waals surface area (Å²) in [5, 5.41) is 0. The molecular weight excluding hydrogens is 140 g/mol. The fourth-order valence-electron chi connectivity index (χ4n) is 0.826. The van der Waals surface area contributed by atoms with Crippen LogP contribution >= 0.6 is 0 Å². The van der Waals surface area contributed by atoms with E-state index in [0.717, 1.165) is 5.56 Å². The van der Waals surface area contributed by atoms with Crippen molar-refractivity contribution < 1.29 is 9.53 Å². The van der Waals surface area contributed by atoms with Gasteiger partial charge in [-0.2, -0.15) is 0 Å². The van der Waals surface area contributed by atoms with E-state index in [9.17, 15) is 4.79 Å². The van der Waals surface area contributed by atoms with Crippen LogP contribution in [0.25, 0.3) is 0 Å². The molecule has 1 rings (SSSR count). The Labute approximate surface area is 65.8 Å².